The van der Waals surface area contributed by atoms with Gasteiger partial charge in [0.2, 0.25) is 0 Å². The molecule has 4 heteroatoms. The molecule has 3 aromatic rings. The zero-order valence-electron chi connectivity index (χ0n) is 16.1. The maximum Gasteiger partial charge on any atom is 0.272 e. The van der Waals surface area contributed by atoms with Crippen molar-refractivity contribution in [3.63, 3.8) is 0 Å². The van der Waals surface area contributed by atoms with E-state index in [1.54, 1.807) is 6.20 Å². The summed E-state index contributed by atoms with van der Waals surface area (Å²) in [5.41, 5.74) is 3.39. The van der Waals surface area contributed by atoms with Gasteiger partial charge in [-0.15, -0.1) is 0 Å². The fourth-order valence-corrected chi connectivity index (χ4v) is 4.97. The number of hydrogen-bond acceptors (Lipinski definition) is 3. The Bertz CT molecular complexity index is 1010. The number of fused-ring (bicyclic) bond motifs is 2. The largest absolute Gasteiger partial charge is 0.334 e. The molecule has 1 aliphatic heterocycles. The molecule has 2 fully saturated rings. The lowest BCUT2D eigenvalue weighted by Gasteiger charge is -2.44. The summed E-state index contributed by atoms with van der Waals surface area (Å²) < 4.78 is 0. The standard InChI is InChI=1S/C24H25N3O/c28-24(27-15-5-8-17-6-1-2-11-23(17)27)22-10-3-9-21(26-22)19-12-13-20-18(16-19)7-4-14-25-20/h3-4,7,9-10,12-14,16-17,23H,1-2,5-6,8,11,15H2. The molecule has 2 atom stereocenters. The first kappa shape index (κ1) is 17.4. The van der Waals surface area contributed by atoms with Gasteiger partial charge in [-0.3, -0.25) is 9.78 Å². The maximum atomic E-state index is 13.3. The third-order valence-corrected chi connectivity index (χ3v) is 6.37. The van der Waals surface area contributed by atoms with Gasteiger partial charge in [0.05, 0.1) is 11.2 Å². The second kappa shape index (κ2) is 7.34. The van der Waals surface area contributed by atoms with Crippen molar-refractivity contribution in [1.82, 2.24) is 14.9 Å². The Balaban J connectivity index is 1.45. The van der Waals surface area contributed by atoms with E-state index in [9.17, 15) is 4.79 Å². The van der Waals surface area contributed by atoms with Crippen molar-refractivity contribution < 1.29 is 4.79 Å². The maximum absolute atomic E-state index is 13.3. The van der Waals surface area contributed by atoms with Crippen LogP contribution in [0.2, 0.25) is 0 Å². The number of amides is 1. The normalized spacial score (nSPS) is 22.1. The van der Waals surface area contributed by atoms with E-state index in [0.29, 0.717) is 17.7 Å². The topological polar surface area (TPSA) is 46.1 Å². The highest BCUT2D eigenvalue weighted by Gasteiger charge is 2.36. The van der Waals surface area contributed by atoms with Gasteiger partial charge in [-0.1, -0.05) is 31.0 Å². The van der Waals surface area contributed by atoms with Crippen molar-refractivity contribution in [3.8, 4) is 11.3 Å². The van der Waals surface area contributed by atoms with Gasteiger partial charge in [-0.2, -0.15) is 0 Å². The van der Waals surface area contributed by atoms with Crippen LogP contribution < -0.4 is 0 Å². The molecule has 142 valence electrons. The Kier molecular flexibility index (Phi) is 4.55. The van der Waals surface area contributed by atoms with E-state index in [1.165, 1.54) is 25.7 Å². The average molecular weight is 371 g/mol. The third-order valence-electron chi connectivity index (χ3n) is 6.37. The number of nitrogens with zero attached hydrogens (tertiary/aromatic N) is 3. The number of likely N-dealkylation sites (tertiary alicyclic amines) is 1. The molecule has 1 aliphatic carbocycles. The second-order valence-electron chi connectivity index (χ2n) is 8.07. The van der Waals surface area contributed by atoms with Crippen molar-refractivity contribution in [2.24, 2.45) is 5.92 Å². The minimum absolute atomic E-state index is 0.0981. The van der Waals surface area contributed by atoms with Crippen LogP contribution >= 0.6 is 0 Å². The molecule has 1 saturated heterocycles. The van der Waals surface area contributed by atoms with Crippen LogP contribution in [0.4, 0.5) is 0 Å². The van der Waals surface area contributed by atoms with Crippen molar-refractivity contribution in [3.05, 3.63) is 60.4 Å². The number of carbonyl (C=O) groups is 1. The number of rotatable bonds is 2. The first-order chi connectivity index (χ1) is 13.8. The van der Waals surface area contributed by atoms with Gasteiger partial charge >= 0.3 is 0 Å². The molecule has 2 aliphatic rings. The van der Waals surface area contributed by atoms with E-state index >= 15 is 0 Å². The molecule has 0 radical (unpaired) electrons. The minimum atomic E-state index is 0.0981. The van der Waals surface area contributed by atoms with E-state index in [1.807, 2.05) is 36.4 Å². The molecule has 3 heterocycles. The van der Waals surface area contributed by atoms with Gasteiger partial charge < -0.3 is 4.90 Å². The predicted molar refractivity (Wildman–Crippen MR) is 111 cm³/mol. The molecule has 28 heavy (non-hydrogen) atoms. The Morgan fingerprint density at radius 3 is 2.82 bits per heavy atom. The fraction of sp³-hybridized carbons (Fsp3) is 0.375. The van der Waals surface area contributed by atoms with Crippen molar-refractivity contribution in [1.29, 1.82) is 0 Å². The molecule has 2 unspecified atom stereocenters. The van der Waals surface area contributed by atoms with Gasteiger partial charge in [0.15, 0.2) is 0 Å². The van der Waals surface area contributed by atoms with Crippen molar-refractivity contribution in [2.75, 3.05) is 6.54 Å². The highest BCUT2D eigenvalue weighted by molar-refractivity contribution is 5.93. The number of hydrogen-bond donors (Lipinski definition) is 0. The highest BCUT2D eigenvalue weighted by Crippen LogP contribution is 2.36. The number of piperidine rings is 1. The molecule has 0 spiro atoms. The van der Waals surface area contributed by atoms with Crippen molar-refractivity contribution in [2.45, 2.75) is 44.6 Å². The third kappa shape index (κ3) is 3.17. The Morgan fingerprint density at radius 1 is 0.964 bits per heavy atom. The number of benzene rings is 1. The van der Waals surface area contributed by atoms with E-state index in [2.05, 4.69) is 22.0 Å². The molecule has 0 N–H and O–H groups in total. The summed E-state index contributed by atoms with van der Waals surface area (Å²) in [6, 6.07) is 16.3. The number of carbonyl (C=O) groups excluding carboxylic acids is 1. The summed E-state index contributed by atoms with van der Waals surface area (Å²) in [7, 11) is 0. The Labute approximate surface area is 165 Å². The quantitative estimate of drug-likeness (QED) is 0.630. The minimum Gasteiger partial charge on any atom is -0.334 e. The van der Waals surface area contributed by atoms with Crippen LogP contribution in [0.5, 0.6) is 0 Å². The monoisotopic (exact) mass is 371 g/mol. The number of aromatic nitrogens is 2. The predicted octanol–water partition coefficient (Wildman–Crippen LogP) is 5.09. The van der Waals surface area contributed by atoms with Crippen LogP contribution in [0.25, 0.3) is 22.2 Å². The summed E-state index contributed by atoms with van der Waals surface area (Å²) in [6.07, 6.45) is 9.16. The van der Waals surface area contributed by atoms with E-state index in [4.69, 9.17) is 4.98 Å². The summed E-state index contributed by atoms with van der Waals surface area (Å²) in [5, 5.41) is 1.08. The fourth-order valence-electron chi connectivity index (χ4n) is 4.97. The molecule has 0 bridgehead atoms. The lowest BCUT2D eigenvalue weighted by molar-refractivity contribution is 0.0385. The molecule has 2 aromatic heterocycles. The Hall–Kier alpha value is -2.75. The first-order valence-corrected chi connectivity index (χ1v) is 10.4. The molecular weight excluding hydrogens is 346 g/mol. The zero-order chi connectivity index (χ0) is 18.9. The molecule has 1 amide bonds. The van der Waals surface area contributed by atoms with Gasteiger partial charge in [-0.25, -0.2) is 4.98 Å². The summed E-state index contributed by atoms with van der Waals surface area (Å²) in [4.78, 5) is 24.5. The summed E-state index contributed by atoms with van der Waals surface area (Å²) in [6.45, 7) is 0.869. The lowest BCUT2D eigenvalue weighted by atomic mass is 9.78. The highest BCUT2D eigenvalue weighted by atomic mass is 16.2. The Morgan fingerprint density at radius 2 is 1.86 bits per heavy atom. The molecular formula is C24H25N3O. The van der Waals surface area contributed by atoms with Gasteiger partial charge in [0.25, 0.3) is 5.91 Å². The van der Waals surface area contributed by atoms with E-state index in [-0.39, 0.29) is 5.91 Å². The molecule has 1 aromatic carbocycles. The molecule has 1 saturated carbocycles. The molecule has 5 rings (SSSR count). The summed E-state index contributed by atoms with van der Waals surface area (Å²) >= 11 is 0. The molecule has 4 nitrogen and oxygen atoms in total. The van der Waals surface area contributed by atoms with Crippen molar-refractivity contribution >= 4 is 16.8 Å². The van der Waals surface area contributed by atoms with Crippen LogP contribution in [0.15, 0.2) is 54.7 Å². The summed E-state index contributed by atoms with van der Waals surface area (Å²) in [5.74, 6) is 0.781. The van der Waals surface area contributed by atoms with Crippen LogP contribution in [0, 0.1) is 5.92 Å². The average Bonchev–Trinajstić information content (AvgIpc) is 2.78. The van der Waals surface area contributed by atoms with Gasteiger partial charge in [0, 0.05) is 29.7 Å². The smallest absolute Gasteiger partial charge is 0.272 e. The lowest BCUT2D eigenvalue weighted by Crippen LogP contribution is -2.49. The van der Waals surface area contributed by atoms with Gasteiger partial charge in [-0.05, 0) is 61.9 Å². The second-order valence-corrected chi connectivity index (χ2v) is 8.07. The first-order valence-electron chi connectivity index (χ1n) is 10.4. The van der Waals surface area contributed by atoms with Crippen LogP contribution in [-0.2, 0) is 0 Å². The van der Waals surface area contributed by atoms with Gasteiger partial charge in [0.1, 0.15) is 5.69 Å². The zero-order valence-corrected chi connectivity index (χ0v) is 16.1. The SMILES string of the molecule is O=C(c1cccc(-c2ccc3ncccc3c2)n1)N1CCCC2CCCCC21. The van der Waals surface area contributed by atoms with E-state index in [0.717, 1.165) is 41.5 Å². The number of pyridine rings is 2. The van der Waals surface area contributed by atoms with Crippen LogP contribution in [0.1, 0.15) is 49.0 Å². The van der Waals surface area contributed by atoms with Crippen LogP contribution in [-0.4, -0.2) is 33.4 Å². The van der Waals surface area contributed by atoms with Crippen LogP contribution in [0.3, 0.4) is 0 Å². The van der Waals surface area contributed by atoms with E-state index < -0.39 is 0 Å².